The summed E-state index contributed by atoms with van der Waals surface area (Å²) in [6.45, 7) is 2.18. The van der Waals surface area contributed by atoms with Crippen molar-refractivity contribution in [3.63, 3.8) is 0 Å². The van der Waals surface area contributed by atoms with E-state index in [1.165, 1.54) is 19.5 Å². The standard InChI is InChI=1S/C12H16N2O2/c1-8-3-4-9(7-8)11(15)10-12(16-2)14-6-5-13-10/h5-6,8-9H,3-4,7H2,1-2H3. The zero-order valence-electron chi connectivity index (χ0n) is 9.64. The number of rotatable bonds is 3. The number of aromatic nitrogens is 2. The molecule has 0 aliphatic heterocycles. The number of Topliss-reactive ketones (excluding diaryl/α,β-unsaturated/α-hetero) is 1. The fourth-order valence-corrected chi connectivity index (χ4v) is 2.28. The molecule has 0 saturated heterocycles. The summed E-state index contributed by atoms with van der Waals surface area (Å²) in [5.74, 6) is 1.15. The normalized spacial score (nSPS) is 24.4. The maximum absolute atomic E-state index is 12.2. The molecule has 1 fully saturated rings. The van der Waals surface area contributed by atoms with Crippen LogP contribution in [-0.2, 0) is 0 Å². The van der Waals surface area contributed by atoms with Gasteiger partial charge in [0, 0.05) is 18.3 Å². The van der Waals surface area contributed by atoms with E-state index in [2.05, 4.69) is 16.9 Å². The first-order chi connectivity index (χ1) is 7.72. The lowest BCUT2D eigenvalue weighted by Crippen LogP contribution is -2.15. The van der Waals surface area contributed by atoms with Gasteiger partial charge >= 0.3 is 0 Å². The van der Waals surface area contributed by atoms with Crippen LogP contribution in [0.4, 0.5) is 0 Å². The lowest BCUT2D eigenvalue weighted by atomic mass is 9.99. The zero-order valence-corrected chi connectivity index (χ0v) is 9.64. The lowest BCUT2D eigenvalue weighted by molar-refractivity contribution is 0.0911. The minimum absolute atomic E-state index is 0.0781. The van der Waals surface area contributed by atoms with Crippen molar-refractivity contribution in [3.8, 4) is 5.88 Å². The minimum Gasteiger partial charge on any atom is -0.479 e. The highest BCUT2D eigenvalue weighted by Crippen LogP contribution is 2.33. The van der Waals surface area contributed by atoms with Crippen LogP contribution in [0.25, 0.3) is 0 Å². The van der Waals surface area contributed by atoms with Crippen LogP contribution in [0.3, 0.4) is 0 Å². The molecule has 0 bridgehead atoms. The molecule has 1 aliphatic rings. The van der Waals surface area contributed by atoms with Gasteiger partial charge in [-0.2, -0.15) is 0 Å². The Morgan fingerprint density at radius 2 is 2.12 bits per heavy atom. The van der Waals surface area contributed by atoms with Crippen LogP contribution >= 0.6 is 0 Å². The highest BCUT2D eigenvalue weighted by atomic mass is 16.5. The van der Waals surface area contributed by atoms with Gasteiger partial charge in [-0.3, -0.25) is 4.79 Å². The Hall–Kier alpha value is -1.45. The topological polar surface area (TPSA) is 52.1 Å². The molecule has 1 heterocycles. The van der Waals surface area contributed by atoms with Gasteiger partial charge in [-0.25, -0.2) is 9.97 Å². The van der Waals surface area contributed by atoms with Gasteiger partial charge in [0.2, 0.25) is 5.88 Å². The molecular weight excluding hydrogens is 204 g/mol. The number of carbonyl (C=O) groups is 1. The van der Waals surface area contributed by atoms with Gasteiger partial charge in [0.25, 0.3) is 0 Å². The first-order valence-electron chi connectivity index (χ1n) is 5.61. The molecule has 86 valence electrons. The fourth-order valence-electron chi connectivity index (χ4n) is 2.28. The molecule has 2 atom stereocenters. The Balaban J connectivity index is 2.20. The number of ketones is 1. The number of nitrogens with zero attached hydrogens (tertiary/aromatic N) is 2. The van der Waals surface area contributed by atoms with Crippen LogP contribution in [0.2, 0.25) is 0 Å². The highest BCUT2D eigenvalue weighted by molar-refractivity contribution is 5.98. The maximum atomic E-state index is 12.2. The Morgan fingerprint density at radius 3 is 2.75 bits per heavy atom. The minimum atomic E-state index is 0.0781. The van der Waals surface area contributed by atoms with E-state index in [4.69, 9.17) is 4.74 Å². The number of hydrogen-bond donors (Lipinski definition) is 0. The van der Waals surface area contributed by atoms with E-state index in [-0.39, 0.29) is 11.7 Å². The van der Waals surface area contributed by atoms with Crippen LogP contribution < -0.4 is 4.74 Å². The van der Waals surface area contributed by atoms with E-state index in [1.807, 2.05) is 0 Å². The second-order valence-corrected chi connectivity index (χ2v) is 4.39. The summed E-state index contributed by atoms with van der Waals surface area (Å²) >= 11 is 0. The van der Waals surface area contributed by atoms with Crippen LogP contribution in [0.1, 0.15) is 36.7 Å². The first kappa shape index (κ1) is 11.0. The third-order valence-corrected chi connectivity index (χ3v) is 3.16. The third-order valence-electron chi connectivity index (χ3n) is 3.16. The molecule has 0 N–H and O–H groups in total. The monoisotopic (exact) mass is 220 g/mol. The summed E-state index contributed by atoms with van der Waals surface area (Å²) in [7, 11) is 1.51. The SMILES string of the molecule is COc1nccnc1C(=O)C1CCC(C)C1. The molecular formula is C12H16N2O2. The Morgan fingerprint density at radius 1 is 1.38 bits per heavy atom. The highest BCUT2D eigenvalue weighted by Gasteiger charge is 2.30. The first-order valence-corrected chi connectivity index (χ1v) is 5.61. The average Bonchev–Trinajstić information content (AvgIpc) is 2.75. The lowest BCUT2D eigenvalue weighted by Gasteiger charge is -2.09. The van der Waals surface area contributed by atoms with E-state index in [0.29, 0.717) is 17.5 Å². The van der Waals surface area contributed by atoms with Crippen molar-refractivity contribution in [3.05, 3.63) is 18.1 Å². The molecule has 0 amide bonds. The summed E-state index contributed by atoms with van der Waals surface area (Å²) in [5.41, 5.74) is 0.379. The molecule has 1 aromatic rings. The second kappa shape index (κ2) is 4.60. The molecule has 0 radical (unpaired) electrons. The van der Waals surface area contributed by atoms with Crippen molar-refractivity contribution in [1.82, 2.24) is 9.97 Å². The van der Waals surface area contributed by atoms with Gasteiger partial charge in [-0.1, -0.05) is 6.92 Å². The van der Waals surface area contributed by atoms with Gasteiger partial charge in [-0.05, 0) is 25.2 Å². The largest absolute Gasteiger partial charge is 0.479 e. The van der Waals surface area contributed by atoms with E-state index in [9.17, 15) is 4.79 Å². The van der Waals surface area contributed by atoms with Crippen molar-refractivity contribution in [1.29, 1.82) is 0 Å². The van der Waals surface area contributed by atoms with Gasteiger partial charge in [0.15, 0.2) is 11.5 Å². The Labute approximate surface area is 95.1 Å². The molecule has 2 rings (SSSR count). The molecule has 1 saturated carbocycles. The van der Waals surface area contributed by atoms with Crippen LogP contribution in [-0.4, -0.2) is 22.9 Å². The van der Waals surface area contributed by atoms with Crippen LogP contribution in [0.15, 0.2) is 12.4 Å². The van der Waals surface area contributed by atoms with Gasteiger partial charge in [-0.15, -0.1) is 0 Å². The summed E-state index contributed by atoms with van der Waals surface area (Å²) in [5, 5.41) is 0. The number of ether oxygens (including phenoxy) is 1. The van der Waals surface area contributed by atoms with Gasteiger partial charge < -0.3 is 4.74 Å². The van der Waals surface area contributed by atoms with Gasteiger partial charge in [0.05, 0.1) is 7.11 Å². The summed E-state index contributed by atoms with van der Waals surface area (Å²) < 4.78 is 5.06. The van der Waals surface area contributed by atoms with Crippen molar-refractivity contribution in [2.24, 2.45) is 11.8 Å². The van der Waals surface area contributed by atoms with Gasteiger partial charge in [0.1, 0.15) is 0 Å². The van der Waals surface area contributed by atoms with Crippen molar-refractivity contribution >= 4 is 5.78 Å². The molecule has 1 aromatic heterocycles. The predicted molar refractivity (Wildman–Crippen MR) is 59.4 cm³/mol. The van der Waals surface area contributed by atoms with Crippen molar-refractivity contribution in [2.45, 2.75) is 26.2 Å². The predicted octanol–water partition coefficient (Wildman–Crippen LogP) is 2.10. The Bertz CT molecular complexity index is 392. The van der Waals surface area contributed by atoms with Crippen molar-refractivity contribution in [2.75, 3.05) is 7.11 Å². The van der Waals surface area contributed by atoms with E-state index in [0.717, 1.165) is 19.3 Å². The molecule has 4 heteroatoms. The maximum Gasteiger partial charge on any atom is 0.243 e. The van der Waals surface area contributed by atoms with E-state index < -0.39 is 0 Å². The molecule has 4 nitrogen and oxygen atoms in total. The van der Waals surface area contributed by atoms with Crippen LogP contribution in [0.5, 0.6) is 5.88 Å². The third kappa shape index (κ3) is 2.05. The Kier molecular flexibility index (Phi) is 3.17. The quantitative estimate of drug-likeness (QED) is 0.732. The fraction of sp³-hybridized carbons (Fsp3) is 0.583. The summed E-state index contributed by atoms with van der Waals surface area (Å²) in [6, 6.07) is 0. The molecule has 2 unspecified atom stereocenters. The van der Waals surface area contributed by atoms with E-state index in [1.54, 1.807) is 0 Å². The number of carbonyl (C=O) groups excluding carboxylic acids is 1. The zero-order chi connectivity index (χ0) is 11.5. The molecule has 0 spiro atoms. The molecule has 16 heavy (non-hydrogen) atoms. The smallest absolute Gasteiger partial charge is 0.243 e. The molecule has 0 aromatic carbocycles. The number of methoxy groups -OCH3 is 1. The van der Waals surface area contributed by atoms with E-state index >= 15 is 0 Å². The second-order valence-electron chi connectivity index (χ2n) is 4.39. The average molecular weight is 220 g/mol. The summed E-state index contributed by atoms with van der Waals surface area (Å²) in [4.78, 5) is 20.3. The van der Waals surface area contributed by atoms with Crippen LogP contribution in [0, 0.1) is 11.8 Å². The number of hydrogen-bond acceptors (Lipinski definition) is 4. The molecule has 1 aliphatic carbocycles. The van der Waals surface area contributed by atoms with Crippen molar-refractivity contribution < 1.29 is 9.53 Å². The summed E-state index contributed by atoms with van der Waals surface area (Å²) in [6.07, 6.45) is 6.11.